The maximum atomic E-state index is 5.96. The van der Waals surface area contributed by atoms with E-state index in [2.05, 4.69) is 22.3 Å². The predicted octanol–water partition coefficient (Wildman–Crippen LogP) is 3.63. The van der Waals surface area contributed by atoms with Crippen LogP contribution in [0.3, 0.4) is 0 Å². The molecule has 1 unspecified atom stereocenters. The van der Waals surface area contributed by atoms with E-state index in [-0.39, 0.29) is 5.38 Å². The molecule has 1 heterocycles. The number of hydrogen-bond donors (Lipinski definition) is 0. The molecule has 0 spiro atoms. The summed E-state index contributed by atoms with van der Waals surface area (Å²) in [5, 5.41) is 10.1. The molecule has 0 aliphatic rings. The molecule has 0 aliphatic carbocycles. The van der Waals surface area contributed by atoms with Gasteiger partial charge in [0.15, 0.2) is 0 Å². The second-order valence-electron chi connectivity index (χ2n) is 4.00. The zero-order chi connectivity index (χ0) is 13.0. The van der Waals surface area contributed by atoms with Gasteiger partial charge in [-0.15, -0.1) is 21.8 Å². The van der Waals surface area contributed by atoms with E-state index in [1.807, 2.05) is 19.1 Å². The summed E-state index contributed by atoms with van der Waals surface area (Å²) in [5.74, 6) is 0.882. The van der Waals surface area contributed by atoms with Crippen molar-refractivity contribution in [1.82, 2.24) is 10.2 Å². The van der Waals surface area contributed by atoms with Crippen LogP contribution in [0.1, 0.15) is 27.9 Å². The zero-order valence-electron chi connectivity index (χ0n) is 10.4. The molecule has 5 heteroatoms. The SMILES string of the molecule is COc1ccc(CCc2nnc(C(C)Cl)s2)cc1. The van der Waals surface area contributed by atoms with Crippen molar-refractivity contribution < 1.29 is 4.74 Å². The summed E-state index contributed by atoms with van der Waals surface area (Å²) in [4.78, 5) is 0. The molecule has 0 N–H and O–H groups in total. The van der Waals surface area contributed by atoms with E-state index in [1.165, 1.54) is 5.56 Å². The summed E-state index contributed by atoms with van der Waals surface area (Å²) in [7, 11) is 1.67. The number of aromatic nitrogens is 2. The third-order valence-electron chi connectivity index (χ3n) is 2.61. The monoisotopic (exact) mass is 282 g/mol. The third-order valence-corrected chi connectivity index (χ3v) is 4.11. The van der Waals surface area contributed by atoms with Gasteiger partial charge in [0.1, 0.15) is 15.8 Å². The summed E-state index contributed by atoms with van der Waals surface area (Å²) >= 11 is 7.55. The molecule has 0 aliphatic heterocycles. The smallest absolute Gasteiger partial charge is 0.135 e. The van der Waals surface area contributed by atoms with Crippen molar-refractivity contribution in [3.8, 4) is 5.75 Å². The largest absolute Gasteiger partial charge is 0.497 e. The Kier molecular flexibility index (Phi) is 4.55. The molecule has 0 amide bonds. The van der Waals surface area contributed by atoms with Gasteiger partial charge in [0.25, 0.3) is 0 Å². The van der Waals surface area contributed by atoms with Crippen LogP contribution in [0.4, 0.5) is 0 Å². The Morgan fingerprint density at radius 3 is 2.50 bits per heavy atom. The van der Waals surface area contributed by atoms with E-state index in [0.717, 1.165) is 28.6 Å². The third kappa shape index (κ3) is 3.43. The average molecular weight is 283 g/mol. The lowest BCUT2D eigenvalue weighted by atomic mass is 10.1. The molecule has 3 nitrogen and oxygen atoms in total. The fourth-order valence-corrected chi connectivity index (χ4v) is 2.52. The lowest BCUT2D eigenvalue weighted by Gasteiger charge is -2.01. The molecule has 0 saturated carbocycles. The molecule has 2 aromatic rings. The van der Waals surface area contributed by atoms with Gasteiger partial charge in [0, 0.05) is 6.42 Å². The Morgan fingerprint density at radius 1 is 1.22 bits per heavy atom. The van der Waals surface area contributed by atoms with Crippen molar-refractivity contribution in [1.29, 1.82) is 0 Å². The number of alkyl halides is 1. The number of rotatable bonds is 5. The number of nitrogens with zero attached hydrogens (tertiary/aromatic N) is 2. The molecule has 2 rings (SSSR count). The van der Waals surface area contributed by atoms with Crippen molar-refractivity contribution in [2.75, 3.05) is 7.11 Å². The van der Waals surface area contributed by atoms with E-state index in [1.54, 1.807) is 18.4 Å². The van der Waals surface area contributed by atoms with Gasteiger partial charge in [-0.05, 0) is 31.0 Å². The second kappa shape index (κ2) is 6.16. The number of benzene rings is 1. The molecule has 0 saturated heterocycles. The van der Waals surface area contributed by atoms with Gasteiger partial charge in [-0.25, -0.2) is 0 Å². The standard InChI is InChI=1S/C13H15ClN2OS/c1-9(14)13-16-15-12(18-13)8-5-10-3-6-11(17-2)7-4-10/h3-4,6-7,9H,5,8H2,1-2H3. The molecule has 0 bridgehead atoms. The Morgan fingerprint density at radius 2 is 1.94 bits per heavy atom. The van der Waals surface area contributed by atoms with Crippen LogP contribution in [0.5, 0.6) is 5.75 Å². The Bertz CT molecular complexity index is 496. The molecule has 1 aromatic heterocycles. The summed E-state index contributed by atoms with van der Waals surface area (Å²) in [6.45, 7) is 1.91. The van der Waals surface area contributed by atoms with Crippen LogP contribution in [-0.4, -0.2) is 17.3 Å². The zero-order valence-corrected chi connectivity index (χ0v) is 12.0. The maximum absolute atomic E-state index is 5.96. The van der Waals surface area contributed by atoms with E-state index >= 15 is 0 Å². The van der Waals surface area contributed by atoms with Crippen LogP contribution < -0.4 is 4.74 Å². The van der Waals surface area contributed by atoms with Crippen LogP contribution in [0, 0.1) is 0 Å². The first kappa shape index (κ1) is 13.3. The first-order valence-corrected chi connectivity index (χ1v) is 7.03. The van der Waals surface area contributed by atoms with Gasteiger partial charge in [0.05, 0.1) is 12.5 Å². The van der Waals surface area contributed by atoms with Crippen molar-refractivity contribution in [2.24, 2.45) is 0 Å². The lowest BCUT2D eigenvalue weighted by molar-refractivity contribution is 0.414. The molecule has 0 fully saturated rings. The normalized spacial score (nSPS) is 12.4. The fraction of sp³-hybridized carbons (Fsp3) is 0.385. The van der Waals surface area contributed by atoms with Crippen molar-refractivity contribution >= 4 is 22.9 Å². The van der Waals surface area contributed by atoms with Crippen molar-refractivity contribution in [2.45, 2.75) is 25.1 Å². The number of aryl methyl sites for hydroxylation is 2. The van der Waals surface area contributed by atoms with Crippen molar-refractivity contribution in [3.05, 3.63) is 39.8 Å². The second-order valence-corrected chi connectivity index (χ2v) is 5.75. The number of methoxy groups -OCH3 is 1. The first-order valence-electron chi connectivity index (χ1n) is 5.78. The lowest BCUT2D eigenvalue weighted by Crippen LogP contribution is -1.91. The number of ether oxygens (including phenoxy) is 1. The average Bonchev–Trinajstić information content (AvgIpc) is 2.86. The Balaban J connectivity index is 1.93. The predicted molar refractivity (Wildman–Crippen MR) is 74.6 cm³/mol. The molecule has 0 radical (unpaired) electrons. The minimum atomic E-state index is -0.0581. The Hall–Kier alpha value is -1.13. The van der Waals surface area contributed by atoms with E-state index in [4.69, 9.17) is 16.3 Å². The van der Waals surface area contributed by atoms with Crippen LogP contribution in [-0.2, 0) is 12.8 Å². The van der Waals surface area contributed by atoms with Crippen LogP contribution in [0.2, 0.25) is 0 Å². The maximum Gasteiger partial charge on any atom is 0.135 e. The number of halogens is 1. The highest BCUT2D eigenvalue weighted by Gasteiger charge is 2.09. The number of hydrogen-bond acceptors (Lipinski definition) is 4. The summed E-state index contributed by atoms with van der Waals surface area (Å²) in [6.07, 6.45) is 1.85. The quantitative estimate of drug-likeness (QED) is 0.786. The van der Waals surface area contributed by atoms with Gasteiger partial charge in [-0.2, -0.15) is 0 Å². The minimum Gasteiger partial charge on any atom is -0.497 e. The first-order chi connectivity index (χ1) is 8.69. The van der Waals surface area contributed by atoms with Gasteiger partial charge in [0.2, 0.25) is 0 Å². The summed E-state index contributed by atoms with van der Waals surface area (Å²) in [5.41, 5.74) is 1.27. The summed E-state index contributed by atoms with van der Waals surface area (Å²) < 4.78 is 5.13. The Labute approximate surface area is 116 Å². The molecule has 1 aromatic carbocycles. The van der Waals surface area contributed by atoms with E-state index in [0.29, 0.717) is 0 Å². The van der Waals surface area contributed by atoms with Crippen molar-refractivity contribution in [3.63, 3.8) is 0 Å². The highest BCUT2D eigenvalue weighted by Crippen LogP contribution is 2.23. The molecule has 96 valence electrons. The van der Waals surface area contributed by atoms with Crippen LogP contribution in [0.25, 0.3) is 0 Å². The minimum absolute atomic E-state index is 0.0581. The highest BCUT2D eigenvalue weighted by molar-refractivity contribution is 7.11. The molecular weight excluding hydrogens is 268 g/mol. The van der Waals surface area contributed by atoms with Gasteiger partial charge in [-0.3, -0.25) is 0 Å². The van der Waals surface area contributed by atoms with E-state index < -0.39 is 0 Å². The van der Waals surface area contributed by atoms with Gasteiger partial charge < -0.3 is 4.74 Å². The van der Waals surface area contributed by atoms with Gasteiger partial charge in [-0.1, -0.05) is 23.5 Å². The van der Waals surface area contributed by atoms with Crippen LogP contribution >= 0.6 is 22.9 Å². The molecular formula is C13H15ClN2OS. The van der Waals surface area contributed by atoms with Gasteiger partial charge >= 0.3 is 0 Å². The fourth-order valence-electron chi connectivity index (χ4n) is 1.57. The van der Waals surface area contributed by atoms with E-state index in [9.17, 15) is 0 Å². The molecule has 18 heavy (non-hydrogen) atoms. The molecule has 1 atom stereocenters. The highest BCUT2D eigenvalue weighted by atomic mass is 35.5. The van der Waals surface area contributed by atoms with Crippen LogP contribution in [0.15, 0.2) is 24.3 Å². The summed E-state index contributed by atoms with van der Waals surface area (Å²) in [6, 6.07) is 8.10. The topological polar surface area (TPSA) is 35.0 Å².